The minimum absolute atomic E-state index is 0.296. The maximum Gasteiger partial charge on any atom is 0.101 e. The largest absolute Gasteiger partial charge is 0.396 e. The van der Waals surface area contributed by atoms with Crippen molar-refractivity contribution >= 4 is 0 Å². The molecule has 13 heavy (non-hydrogen) atoms. The number of aliphatic hydroxyl groups is 1. The summed E-state index contributed by atoms with van der Waals surface area (Å²) < 4.78 is 0. The minimum atomic E-state index is 0.296. The third-order valence-corrected chi connectivity index (χ3v) is 2.07. The van der Waals surface area contributed by atoms with Crippen molar-refractivity contribution in [3.05, 3.63) is 35.4 Å². The van der Waals surface area contributed by atoms with E-state index in [4.69, 9.17) is 5.11 Å². The van der Waals surface area contributed by atoms with Gasteiger partial charge in [-0.25, -0.2) is 0 Å². The normalized spacial score (nSPS) is 10.3. The van der Waals surface area contributed by atoms with Crippen molar-refractivity contribution < 1.29 is 10.4 Å². The van der Waals surface area contributed by atoms with Crippen molar-refractivity contribution in [2.45, 2.75) is 19.9 Å². The van der Waals surface area contributed by atoms with Crippen molar-refractivity contribution in [1.82, 2.24) is 0 Å². The predicted octanol–water partition coefficient (Wildman–Crippen LogP) is 0.441. The molecule has 2 heteroatoms. The molecule has 0 amide bonds. The van der Waals surface area contributed by atoms with Crippen LogP contribution in [0.2, 0.25) is 0 Å². The van der Waals surface area contributed by atoms with Crippen molar-refractivity contribution in [3.8, 4) is 0 Å². The first-order valence-electron chi connectivity index (χ1n) is 4.81. The van der Waals surface area contributed by atoms with Gasteiger partial charge in [0.15, 0.2) is 0 Å². The second-order valence-corrected chi connectivity index (χ2v) is 3.34. The van der Waals surface area contributed by atoms with E-state index in [9.17, 15) is 0 Å². The van der Waals surface area contributed by atoms with Crippen LogP contribution in [0.5, 0.6) is 0 Å². The highest BCUT2D eigenvalue weighted by Gasteiger charge is 1.94. The van der Waals surface area contributed by atoms with Crippen LogP contribution < -0.4 is 5.32 Å². The highest BCUT2D eigenvalue weighted by molar-refractivity contribution is 5.20. The number of aryl methyl sites for hydroxylation is 1. The molecule has 0 atom stereocenters. The van der Waals surface area contributed by atoms with Gasteiger partial charge in [0.05, 0.1) is 6.54 Å². The fourth-order valence-corrected chi connectivity index (χ4v) is 1.23. The van der Waals surface area contributed by atoms with Gasteiger partial charge >= 0.3 is 0 Å². The van der Waals surface area contributed by atoms with E-state index < -0.39 is 0 Å². The zero-order valence-electron chi connectivity index (χ0n) is 8.16. The molecule has 0 bridgehead atoms. The van der Waals surface area contributed by atoms with E-state index in [-0.39, 0.29) is 0 Å². The molecule has 2 nitrogen and oxygen atoms in total. The number of nitrogens with two attached hydrogens (primary N) is 1. The number of aliphatic hydroxyl groups excluding tert-OH is 1. The lowest BCUT2D eigenvalue weighted by Gasteiger charge is -2.00. The lowest BCUT2D eigenvalue weighted by atomic mass is 10.1. The first-order chi connectivity index (χ1) is 6.33. The monoisotopic (exact) mass is 180 g/mol. The first kappa shape index (κ1) is 10.2. The highest BCUT2D eigenvalue weighted by Crippen LogP contribution is 2.00. The van der Waals surface area contributed by atoms with Crippen LogP contribution in [0.1, 0.15) is 17.5 Å². The number of quaternary nitrogens is 1. The fraction of sp³-hybridized carbons (Fsp3) is 0.455. The van der Waals surface area contributed by atoms with Gasteiger partial charge in [-0.2, -0.15) is 0 Å². The summed E-state index contributed by atoms with van der Waals surface area (Å²) in [5, 5.41) is 10.8. The standard InChI is InChI=1S/C11H17NO/c1-10-3-5-11(6-4-10)9-12-7-2-8-13/h3-6,12-13H,2,7-9H2,1H3/p+1. The van der Waals surface area contributed by atoms with Gasteiger partial charge in [0.1, 0.15) is 6.54 Å². The lowest BCUT2D eigenvalue weighted by Crippen LogP contribution is -2.82. The van der Waals surface area contributed by atoms with Crippen LogP contribution in [0.25, 0.3) is 0 Å². The van der Waals surface area contributed by atoms with Gasteiger partial charge in [0.2, 0.25) is 0 Å². The first-order valence-corrected chi connectivity index (χ1v) is 4.81. The Bertz CT molecular complexity index is 230. The second-order valence-electron chi connectivity index (χ2n) is 3.34. The number of hydrogen-bond acceptors (Lipinski definition) is 1. The molecule has 0 saturated heterocycles. The molecular formula is C11H18NO+. The quantitative estimate of drug-likeness (QED) is 0.634. The van der Waals surface area contributed by atoms with Gasteiger partial charge in [0, 0.05) is 18.6 Å². The molecule has 0 aliphatic rings. The van der Waals surface area contributed by atoms with Gasteiger partial charge in [-0.3, -0.25) is 0 Å². The Morgan fingerprint density at radius 1 is 1.23 bits per heavy atom. The van der Waals surface area contributed by atoms with Gasteiger partial charge in [-0.05, 0) is 6.92 Å². The van der Waals surface area contributed by atoms with Crippen LogP contribution in [0.4, 0.5) is 0 Å². The summed E-state index contributed by atoms with van der Waals surface area (Å²) in [6, 6.07) is 8.58. The van der Waals surface area contributed by atoms with E-state index >= 15 is 0 Å². The van der Waals surface area contributed by atoms with E-state index in [0.29, 0.717) is 6.61 Å². The van der Waals surface area contributed by atoms with Gasteiger partial charge in [-0.15, -0.1) is 0 Å². The van der Waals surface area contributed by atoms with E-state index in [1.807, 2.05) is 0 Å². The fourth-order valence-electron chi connectivity index (χ4n) is 1.23. The zero-order chi connectivity index (χ0) is 9.52. The molecule has 0 fully saturated rings. The molecular weight excluding hydrogens is 162 g/mol. The summed E-state index contributed by atoms with van der Waals surface area (Å²) in [5.74, 6) is 0. The van der Waals surface area contributed by atoms with Crippen molar-refractivity contribution in [1.29, 1.82) is 0 Å². The van der Waals surface area contributed by atoms with Crippen LogP contribution in [0, 0.1) is 6.92 Å². The van der Waals surface area contributed by atoms with E-state index in [1.165, 1.54) is 11.1 Å². The molecule has 0 aliphatic heterocycles. The second kappa shape index (κ2) is 5.73. The van der Waals surface area contributed by atoms with Crippen LogP contribution in [0.15, 0.2) is 24.3 Å². The van der Waals surface area contributed by atoms with Crippen molar-refractivity contribution in [2.24, 2.45) is 0 Å². The average Bonchev–Trinajstić information content (AvgIpc) is 2.15. The molecule has 3 N–H and O–H groups in total. The Hall–Kier alpha value is -0.860. The van der Waals surface area contributed by atoms with Crippen LogP contribution in [0.3, 0.4) is 0 Å². The molecule has 0 aliphatic carbocycles. The van der Waals surface area contributed by atoms with Crippen LogP contribution in [-0.2, 0) is 6.54 Å². The molecule has 1 rings (SSSR count). The Morgan fingerprint density at radius 2 is 1.92 bits per heavy atom. The zero-order valence-corrected chi connectivity index (χ0v) is 8.16. The molecule has 1 aromatic rings. The molecule has 0 unspecified atom stereocenters. The van der Waals surface area contributed by atoms with E-state index in [2.05, 4.69) is 36.5 Å². The lowest BCUT2D eigenvalue weighted by molar-refractivity contribution is -0.671. The summed E-state index contributed by atoms with van der Waals surface area (Å²) >= 11 is 0. The Morgan fingerprint density at radius 3 is 2.54 bits per heavy atom. The Labute approximate surface area is 79.6 Å². The highest BCUT2D eigenvalue weighted by atomic mass is 16.3. The van der Waals surface area contributed by atoms with Gasteiger partial charge in [0.25, 0.3) is 0 Å². The Kier molecular flexibility index (Phi) is 4.50. The summed E-state index contributed by atoms with van der Waals surface area (Å²) in [5.41, 5.74) is 2.66. The Balaban J connectivity index is 2.25. The maximum absolute atomic E-state index is 8.58. The third-order valence-electron chi connectivity index (χ3n) is 2.07. The minimum Gasteiger partial charge on any atom is -0.396 e. The molecule has 72 valence electrons. The maximum atomic E-state index is 8.58. The molecule has 0 heterocycles. The SMILES string of the molecule is Cc1ccc(C[NH2+]CCCO)cc1. The molecule has 0 radical (unpaired) electrons. The van der Waals surface area contributed by atoms with Crippen LogP contribution >= 0.6 is 0 Å². The molecule has 1 aromatic carbocycles. The number of hydrogen-bond donors (Lipinski definition) is 2. The summed E-state index contributed by atoms with van der Waals surface area (Å²) in [7, 11) is 0. The topological polar surface area (TPSA) is 36.8 Å². The van der Waals surface area contributed by atoms with Crippen molar-refractivity contribution in [3.63, 3.8) is 0 Å². The molecule has 0 spiro atoms. The average molecular weight is 180 g/mol. The number of benzene rings is 1. The molecule has 0 saturated carbocycles. The smallest absolute Gasteiger partial charge is 0.101 e. The predicted molar refractivity (Wildman–Crippen MR) is 53.4 cm³/mol. The third kappa shape index (κ3) is 4.06. The van der Waals surface area contributed by atoms with E-state index in [1.54, 1.807) is 0 Å². The van der Waals surface area contributed by atoms with Gasteiger partial charge in [-0.1, -0.05) is 29.8 Å². The summed E-state index contributed by atoms with van der Waals surface area (Å²) in [4.78, 5) is 0. The number of rotatable bonds is 5. The summed E-state index contributed by atoms with van der Waals surface area (Å²) in [6.07, 6.45) is 0.881. The van der Waals surface area contributed by atoms with Crippen LogP contribution in [-0.4, -0.2) is 18.3 Å². The summed E-state index contributed by atoms with van der Waals surface area (Å²) in [6.45, 7) is 4.41. The van der Waals surface area contributed by atoms with Crippen molar-refractivity contribution in [2.75, 3.05) is 13.2 Å². The van der Waals surface area contributed by atoms with Gasteiger partial charge < -0.3 is 10.4 Å². The van der Waals surface area contributed by atoms with E-state index in [0.717, 1.165) is 19.5 Å². The molecule has 0 aromatic heterocycles.